The van der Waals surface area contributed by atoms with Gasteiger partial charge in [-0.3, -0.25) is 19.5 Å². The molecule has 2 aromatic rings. The first-order chi connectivity index (χ1) is 16.3. The number of amides is 2. The number of hydrogen-bond acceptors (Lipinski definition) is 6. The molecule has 0 saturated carbocycles. The highest BCUT2D eigenvalue weighted by molar-refractivity contribution is 5.98. The van der Waals surface area contributed by atoms with Crippen molar-refractivity contribution in [3.05, 3.63) is 53.9 Å². The lowest BCUT2D eigenvalue weighted by Crippen LogP contribution is -2.46. The van der Waals surface area contributed by atoms with E-state index in [4.69, 9.17) is 9.47 Å². The number of nitrogens with zero attached hydrogens (tertiary/aromatic N) is 3. The fourth-order valence-corrected chi connectivity index (χ4v) is 4.09. The molecule has 1 aromatic heterocycles. The van der Waals surface area contributed by atoms with Gasteiger partial charge in [0.05, 0.1) is 17.4 Å². The summed E-state index contributed by atoms with van der Waals surface area (Å²) >= 11 is 0. The first-order valence-electron chi connectivity index (χ1n) is 11.8. The highest BCUT2D eigenvalue weighted by atomic mass is 16.5. The van der Waals surface area contributed by atoms with Crippen LogP contribution in [0, 0.1) is 5.92 Å². The highest BCUT2D eigenvalue weighted by Crippen LogP contribution is 2.27. The number of pyridine rings is 1. The molecule has 34 heavy (non-hydrogen) atoms. The van der Waals surface area contributed by atoms with E-state index in [0.29, 0.717) is 43.1 Å². The zero-order chi connectivity index (χ0) is 24.7. The second-order valence-electron chi connectivity index (χ2n) is 8.96. The number of aromatic nitrogens is 1. The number of nitrogens with one attached hydrogen (secondary N) is 1. The van der Waals surface area contributed by atoms with E-state index in [-0.39, 0.29) is 29.9 Å². The molecule has 2 heterocycles. The Balaban J connectivity index is 1.94. The normalized spacial score (nSPS) is 22.2. The molecule has 3 atom stereocenters. The van der Waals surface area contributed by atoms with Crippen molar-refractivity contribution >= 4 is 17.5 Å². The summed E-state index contributed by atoms with van der Waals surface area (Å²) in [7, 11) is 3.47. The van der Waals surface area contributed by atoms with Crippen molar-refractivity contribution in [2.45, 2.75) is 45.9 Å². The topological polar surface area (TPSA) is 84.0 Å². The largest absolute Gasteiger partial charge is 0.491 e. The molecule has 3 rings (SSSR count). The van der Waals surface area contributed by atoms with Gasteiger partial charge in [-0.1, -0.05) is 19.9 Å². The molecule has 2 amide bonds. The van der Waals surface area contributed by atoms with Crippen LogP contribution in [0.5, 0.6) is 5.75 Å². The van der Waals surface area contributed by atoms with Gasteiger partial charge in [-0.2, -0.15) is 0 Å². The van der Waals surface area contributed by atoms with E-state index in [0.717, 1.165) is 12.2 Å². The van der Waals surface area contributed by atoms with Crippen molar-refractivity contribution in [3.8, 4) is 5.75 Å². The number of carbonyl (C=O) groups is 2. The molecular formula is C26H36N4O4. The van der Waals surface area contributed by atoms with Crippen LogP contribution in [0.1, 0.15) is 43.2 Å². The van der Waals surface area contributed by atoms with Crippen molar-refractivity contribution in [2.75, 3.05) is 39.2 Å². The van der Waals surface area contributed by atoms with E-state index in [9.17, 15) is 9.59 Å². The molecule has 0 radical (unpaired) electrons. The zero-order valence-corrected chi connectivity index (χ0v) is 20.8. The van der Waals surface area contributed by atoms with Crippen molar-refractivity contribution < 1.29 is 19.1 Å². The fraction of sp³-hybridized carbons (Fsp3) is 0.500. The summed E-state index contributed by atoms with van der Waals surface area (Å²) in [5.41, 5.74) is 2.05. The van der Waals surface area contributed by atoms with Gasteiger partial charge < -0.3 is 19.7 Å². The predicted octanol–water partition coefficient (Wildman–Crippen LogP) is 3.44. The second-order valence-corrected chi connectivity index (χ2v) is 8.96. The molecule has 8 nitrogen and oxygen atoms in total. The maximum atomic E-state index is 13.3. The third kappa shape index (κ3) is 6.55. The molecular weight excluding hydrogens is 432 g/mol. The van der Waals surface area contributed by atoms with Gasteiger partial charge >= 0.3 is 0 Å². The summed E-state index contributed by atoms with van der Waals surface area (Å²) in [5, 5.41) is 2.85. The highest BCUT2D eigenvalue weighted by Gasteiger charge is 2.28. The van der Waals surface area contributed by atoms with E-state index in [1.54, 1.807) is 50.4 Å². The van der Waals surface area contributed by atoms with Crippen LogP contribution in [0.2, 0.25) is 0 Å². The van der Waals surface area contributed by atoms with Crippen LogP contribution in [-0.4, -0.2) is 72.6 Å². The summed E-state index contributed by atoms with van der Waals surface area (Å²) in [6.45, 7) is 8.33. The minimum atomic E-state index is -0.142. The lowest BCUT2D eigenvalue weighted by atomic mass is 10.0. The Bertz CT molecular complexity index is 969. The van der Waals surface area contributed by atoms with Crippen LogP contribution >= 0.6 is 0 Å². The Hall–Kier alpha value is -2.97. The number of hydrogen-bond donors (Lipinski definition) is 1. The van der Waals surface area contributed by atoms with Gasteiger partial charge in [-0.25, -0.2) is 0 Å². The maximum Gasteiger partial charge on any atom is 0.257 e. The Labute approximate surface area is 202 Å². The smallest absolute Gasteiger partial charge is 0.257 e. The second kappa shape index (κ2) is 11.9. The van der Waals surface area contributed by atoms with Gasteiger partial charge in [0.25, 0.3) is 5.91 Å². The molecule has 1 aliphatic rings. The zero-order valence-electron chi connectivity index (χ0n) is 20.8. The molecule has 0 bridgehead atoms. The molecule has 0 spiro atoms. The fourth-order valence-electron chi connectivity index (χ4n) is 4.09. The van der Waals surface area contributed by atoms with E-state index >= 15 is 0 Å². The van der Waals surface area contributed by atoms with Crippen LogP contribution < -0.4 is 10.1 Å². The van der Waals surface area contributed by atoms with Crippen LogP contribution in [0.15, 0.2) is 42.6 Å². The molecule has 0 saturated heterocycles. The number of methoxy groups -OCH3 is 1. The summed E-state index contributed by atoms with van der Waals surface area (Å²) < 4.78 is 12.0. The van der Waals surface area contributed by atoms with Crippen LogP contribution in [0.25, 0.3) is 0 Å². The lowest BCUT2D eigenvalue weighted by Gasteiger charge is -2.35. The van der Waals surface area contributed by atoms with Gasteiger partial charge in [0.2, 0.25) is 5.91 Å². The average molecular weight is 469 g/mol. The molecule has 1 aliphatic heterocycles. The minimum Gasteiger partial charge on any atom is -0.491 e. The third-order valence-electron chi connectivity index (χ3n) is 6.27. The van der Waals surface area contributed by atoms with Gasteiger partial charge in [-0.05, 0) is 37.1 Å². The quantitative estimate of drug-likeness (QED) is 0.724. The minimum absolute atomic E-state index is 0.0518. The molecule has 184 valence electrons. The third-order valence-corrected chi connectivity index (χ3v) is 6.27. The number of carbonyl (C=O) groups excluding carboxylic acids is 2. The monoisotopic (exact) mass is 468 g/mol. The molecule has 0 unspecified atom stereocenters. The molecule has 0 fully saturated rings. The van der Waals surface area contributed by atoms with E-state index in [2.05, 4.69) is 29.0 Å². The van der Waals surface area contributed by atoms with E-state index in [1.807, 2.05) is 18.2 Å². The van der Waals surface area contributed by atoms with Crippen LogP contribution in [-0.2, 0) is 16.1 Å². The van der Waals surface area contributed by atoms with Gasteiger partial charge in [0.15, 0.2) is 0 Å². The van der Waals surface area contributed by atoms with Crippen molar-refractivity contribution in [1.29, 1.82) is 0 Å². The SMILES string of the molecule is CCC(=O)Nc1ccc2c(c1)OC[C@H](C)N(Cc1ccccn1)C[C@H](C)[C@@H](OC)CN(C)C2=O. The van der Waals surface area contributed by atoms with E-state index < -0.39 is 0 Å². The number of anilines is 1. The first kappa shape index (κ1) is 25.6. The standard InChI is InChI=1S/C26H36N4O4/c1-6-25(31)28-20-10-11-22-23(13-20)34-17-19(3)30(15-21-9-7-8-12-27-21)14-18(2)24(33-5)16-29(4)26(22)32/h7-13,18-19,24H,6,14-17H2,1-5H3,(H,28,31)/t18-,19-,24-/m0/s1. The van der Waals surface area contributed by atoms with Crippen molar-refractivity contribution in [2.24, 2.45) is 5.92 Å². The first-order valence-corrected chi connectivity index (χ1v) is 11.8. The molecule has 1 N–H and O–H groups in total. The van der Waals surface area contributed by atoms with E-state index in [1.165, 1.54) is 0 Å². The van der Waals surface area contributed by atoms with Gasteiger partial charge in [0.1, 0.15) is 12.4 Å². The molecule has 1 aromatic carbocycles. The number of rotatable bonds is 5. The summed E-state index contributed by atoms with van der Waals surface area (Å²) in [6, 6.07) is 11.2. The Morgan fingerprint density at radius 2 is 2.03 bits per heavy atom. The number of fused-ring (bicyclic) bond motifs is 1. The number of benzene rings is 1. The van der Waals surface area contributed by atoms with Crippen molar-refractivity contribution in [3.63, 3.8) is 0 Å². The number of likely N-dealkylation sites (N-methyl/N-ethyl adjacent to an activating group) is 1. The maximum absolute atomic E-state index is 13.3. The summed E-state index contributed by atoms with van der Waals surface area (Å²) in [6.07, 6.45) is 2.05. The Morgan fingerprint density at radius 3 is 2.71 bits per heavy atom. The Morgan fingerprint density at radius 1 is 1.24 bits per heavy atom. The average Bonchev–Trinajstić information content (AvgIpc) is 2.84. The van der Waals surface area contributed by atoms with Crippen LogP contribution in [0.3, 0.4) is 0 Å². The number of ether oxygens (including phenoxy) is 2. The summed E-state index contributed by atoms with van der Waals surface area (Å²) in [4.78, 5) is 33.7. The summed E-state index contributed by atoms with van der Waals surface area (Å²) in [5.74, 6) is 0.398. The lowest BCUT2D eigenvalue weighted by molar-refractivity contribution is -0.115. The molecule has 0 aliphatic carbocycles. The Kier molecular flexibility index (Phi) is 9.01. The van der Waals surface area contributed by atoms with Crippen LogP contribution in [0.4, 0.5) is 5.69 Å². The van der Waals surface area contributed by atoms with Crippen molar-refractivity contribution in [1.82, 2.24) is 14.8 Å². The van der Waals surface area contributed by atoms with Gasteiger partial charge in [0, 0.05) is 64.2 Å². The van der Waals surface area contributed by atoms with Gasteiger partial charge in [-0.15, -0.1) is 0 Å². The predicted molar refractivity (Wildman–Crippen MR) is 132 cm³/mol. The molecule has 8 heteroatoms.